The smallest absolute Gasteiger partial charge is 0.200 e. The Morgan fingerprint density at radius 2 is 1.79 bits per heavy atom. The summed E-state index contributed by atoms with van der Waals surface area (Å²) < 4.78 is 18.6. The summed E-state index contributed by atoms with van der Waals surface area (Å²) >= 11 is 0. The Kier molecular flexibility index (Phi) is 6.66. The van der Waals surface area contributed by atoms with Crippen LogP contribution < -0.4 is 9.47 Å². The maximum atomic E-state index is 6.49. The number of benzene rings is 2. The summed E-state index contributed by atoms with van der Waals surface area (Å²) in [5, 5.41) is 0. The largest absolute Gasteiger partial charge is 0.493 e. The molecule has 0 spiro atoms. The first-order chi connectivity index (χ1) is 13.4. The quantitative estimate of drug-likeness (QED) is 0.488. The van der Waals surface area contributed by atoms with E-state index in [2.05, 4.69) is 65.0 Å². The summed E-state index contributed by atoms with van der Waals surface area (Å²) in [4.78, 5) is 0. The van der Waals surface area contributed by atoms with Gasteiger partial charge in [-0.25, -0.2) is 0 Å². The fourth-order valence-electron chi connectivity index (χ4n) is 3.51. The summed E-state index contributed by atoms with van der Waals surface area (Å²) in [6, 6.07) is 16.6. The molecule has 1 aliphatic heterocycles. The highest BCUT2D eigenvalue weighted by Crippen LogP contribution is 2.37. The van der Waals surface area contributed by atoms with Gasteiger partial charge in [-0.05, 0) is 41.5 Å². The molecule has 0 aliphatic carbocycles. The molecular formula is C25H34O3. The van der Waals surface area contributed by atoms with Crippen molar-refractivity contribution >= 4 is 0 Å². The van der Waals surface area contributed by atoms with Crippen LogP contribution >= 0.6 is 0 Å². The van der Waals surface area contributed by atoms with Crippen molar-refractivity contribution in [3.8, 4) is 11.5 Å². The summed E-state index contributed by atoms with van der Waals surface area (Å²) in [5.41, 5.74) is 2.57. The zero-order chi connectivity index (χ0) is 20.1. The zero-order valence-corrected chi connectivity index (χ0v) is 17.9. The van der Waals surface area contributed by atoms with Crippen molar-refractivity contribution in [2.75, 3.05) is 6.61 Å². The minimum atomic E-state index is -0.300. The van der Waals surface area contributed by atoms with Crippen molar-refractivity contribution in [3.63, 3.8) is 0 Å². The fourth-order valence-corrected chi connectivity index (χ4v) is 3.51. The molecule has 3 atom stereocenters. The molecular weight excluding hydrogens is 348 g/mol. The van der Waals surface area contributed by atoms with Crippen molar-refractivity contribution in [3.05, 3.63) is 59.7 Å². The Morgan fingerprint density at radius 3 is 2.46 bits per heavy atom. The summed E-state index contributed by atoms with van der Waals surface area (Å²) in [7, 11) is 0. The molecule has 0 saturated heterocycles. The second-order valence-corrected chi connectivity index (χ2v) is 8.99. The average Bonchev–Trinajstić information content (AvgIpc) is 2.67. The van der Waals surface area contributed by atoms with Gasteiger partial charge < -0.3 is 14.2 Å². The molecule has 1 aliphatic rings. The fraction of sp³-hybridized carbons (Fsp3) is 0.520. The summed E-state index contributed by atoms with van der Waals surface area (Å²) in [6.45, 7) is 11.8. The Labute approximate surface area is 170 Å². The van der Waals surface area contributed by atoms with Crippen LogP contribution in [0.15, 0.2) is 48.5 Å². The van der Waals surface area contributed by atoms with Gasteiger partial charge in [-0.2, -0.15) is 0 Å². The van der Waals surface area contributed by atoms with Gasteiger partial charge in [0, 0.05) is 18.4 Å². The van der Waals surface area contributed by atoms with Crippen LogP contribution in [-0.2, 0) is 4.74 Å². The first-order valence-electron chi connectivity index (χ1n) is 10.5. The number of para-hydroxylation sites is 1. The van der Waals surface area contributed by atoms with E-state index in [-0.39, 0.29) is 17.8 Å². The van der Waals surface area contributed by atoms with Crippen LogP contribution in [0.4, 0.5) is 0 Å². The topological polar surface area (TPSA) is 27.7 Å². The lowest BCUT2D eigenvalue weighted by Gasteiger charge is -2.32. The highest BCUT2D eigenvalue weighted by Gasteiger charge is 2.28. The highest BCUT2D eigenvalue weighted by atomic mass is 16.7. The molecule has 0 aromatic heterocycles. The first-order valence-corrected chi connectivity index (χ1v) is 10.5. The lowest BCUT2D eigenvalue weighted by atomic mass is 9.92. The molecule has 0 bridgehead atoms. The molecule has 0 N–H and O–H groups in total. The number of rotatable bonds is 7. The monoisotopic (exact) mass is 382 g/mol. The Hall–Kier alpha value is -2.00. The van der Waals surface area contributed by atoms with Crippen LogP contribution in [0.5, 0.6) is 11.5 Å². The van der Waals surface area contributed by atoms with Crippen LogP contribution in [0.25, 0.3) is 0 Å². The van der Waals surface area contributed by atoms with Crippen molar-refractivity contribution in [2.24, 2.45) is 5.41 Å². The Balaban J connectivity index is 1.75. The van der Waals surface area contributed by atoms with Gasteiger partial charge >= 0.3 is 0 Å². The van der Waals surface area contributed by atoms with Crippen LogP contribution in [0, 0.1) is 5.41 Å². The Bertz CT molecular complexity index is 745. The van der Waals surface area contributed by atoms with Crippen LogP contribution in [0.1, 0.15) is 77.0 Å². The van der Waals surface area contributed by atoms with E-state index in [1.54, 1.807) is 0 Å². The van der Waals surface area contributed by atoms with E-state index in [1.165, 1.54) is 5.56 Å². The molecule has 0 saturated carbocycles. The average molecular weight is 383 g/mol. The maximum Gasteiger partial charge on any atom is 0.200 e. The predicted molar refractivity (Wildman–Crippen MR) is 114 cm³/mol. The molecule has 2 aromatic carbocycles. The minimum absolute atomic E-state index is 0.00307. The maximum absolute atomic E-state index is 6.49. The molecule has 1 heterocycles. The Morgan fingerprint density at radius 1 is 1.07 bits per heavy atom. The number of hydrogen-bond donors (Lipinski definition) is 0. The van der Waals surface area contributed by atoms with Gasteiger partial charge in [0.1, 0.15) is 11.5 Å². The third-order valence-corrected chi connectivity index (χ3v) is 5.33. The third-order valence-electron chi connectivity index (χ3n) is 5.33. The van der Waals surface area contributed by atoms with Gasteiger partial charge in [-0.3, -0.25) is 0 Å². The van der Waals surface area contributed by atoms with Crippen molar-refractivity contribution in [2.45, 2.75) is 72.2 Å². The van der Waals surface area contributed by atoms with Gasteiger partial charge in [-0.15, -0.1) is 0 Å². The number of hydrogen-bond acceptors (Lipinski definition) is 3. The molecule has 3 heteroatoms. The molecule has 0 radical (unpaired) electrons. The van der Waals surface area contributed by atoms with E-state index in [0.29, 0.717) is 12.5 Å². The van der Waals surface area contributed by atoms with Gasteiger partial charge in [0.05, 0.1) is 12.7 Å². The molecule has 3 rings (SSSR count). The van der Waals surface area contributed by atoms with Crippen molar-refractivity contribution in [1.29, 1.82) is 0 Å². The van der Waals surface area contributed by atoms with Gasteiger partial charge in [0.2, 0.25) is 6.29 Å². The van der Waals surface area contributed by atoms with E-state index in [1.807, 2.05) is 18.2 Å². The van der Waals surface area contributed by atoms with Crippen molar-refractivity contribution in [1.82, 2.24) is 0 Å². The zero-order valence-electron chi connectivity index (χ0n) is 17.9. The second-order valence-electron chi connectivity index (χ2n) is 8.99. The van der Waals surface area contributed by atoms with Gasteiger partial charge in [0.15, 0.2) is 0 Å². The molecule has 2 aromatic rings. The predicted octanol–water partition coefficient (Wildman–Crippen LogP) is 6.88. The number of ether oxygens (including phenoxy) is 3. The van der Waals surface area contributed by atoms with E-state index in [0.717, 1.165) is 36.3 Å². The van der Waals surface area contributed by atoms with Crippen LogP contribution in [0.2, 0.25) is 0 Å². The van der Waals surface area contributed by atoms with E-state index >= 15 is 0 Å². The standard InChI is InChI=1S/C25H34O3/c1-6-18(2)19-11-13-20(14-12-19)27-24(17-25(3,4)5)28-23-15-16-26-22-10-8-7-9-21(22)23/h7-14,18,23-24H,6,15-17H2,1-5H3. The van der Waals surface area contributed by atoms with Gasteiger partial charge in [-0.1, -0.05) is 65.0 Å². The minimum Gasteiger partial charge on any atom is -0.493 e. The van der Waals surface area contributed by atoms with E-state index in [4.69, 9.17) is 14.2 Å². The SMILES string of the molecule is CCC(C)c1ccc(OC(CC(C)(C)C)OC2CCOc3ccccc32)cc1. The van der Waals surface area contributed by atoms with Crippen LogP contribution in [0.3, 0.4) is 0 Å². The number of fused-ring (bicyclic) bond motifs is 1. The lowest BCUT2D eigenvalue weighted by molar-refractivity contribution is -0.144. The van der Waals surface area contributed by atoms with E-state index < -0.39 is 0 Å². The highest BCUT2D eigenvalue weighted by molar-refractivity contribution is 5.36. The first kappa shape index (κ1) is 20.7. The molecule has 3 nitrogen and oxygen atoms in total. The molecule has 3 unspecified atom stereocenters. The summed E-state index contributed by atoms with van der Waals surface area (Å²) in [6.07, 6.45) is 2.49. The third kappa shape index (κ3) is 5.51. The van der Waals surface area contributed by atoms with Gasteiger partial charge in [0.25, 0.3) is 0 Å². The lowest BCUT2D eigenvalue weighted by Crippen LogP contribution is -2.30. The molecule has 28 heavy (non-hydrogen) atoms. The van der Waals surface area contributed by atoms with Crippen LogP contribution in [-0.4, -0.2) is 12.9 Å². The second kappa shape index (κ2) is 9.00. The molecule has 152 valence electrons. The van der Waals surface area contributed by atoms with Crippen molar-refractivity contribution < 1.29 is 14.2 Å². The summed E-state index contributed by atoms with van der Waals surface area (Å²) in [5.74, 6) is 2.35. The molecule has 0 fully saturated rings. The normalized spacial score (nSPS) is 18.7. The van der Waals surface area contributed by atoms with E-state index in [9.17, 15) is 0 Å². The molecule has 0 amide bonds.